The van der Waals surface area contributed by atoms with Crippen LogP contribution < -0.4 is 4.90 Å². The molecule has 1 N–H and O–H groups in total. The van der Waals surface area contributed by atoms with Crippen molar-refractivity contribution in [3.63, 3.8) is 0 Å². The van der Waals surface area contributed by atoms with Gasteiger partial charge in [0.25, 0.3) is 0 Å². The average molecular weight is 443 g/mol. The number of hydrogen-bond acceptors (Lipinski definition) is 4. The van der Waals surface area contributed by atoms with Crippen molar-refractivity contribution in [1.29, 1.82) is 0 Å². The predicted octanol–water partition coefficient (Wildman–Crippen LogP) is 6.35. The molecule has 1 aliphatic heterocycles. The second-order valence-corrected chi connectivity index (χ2v) is 9.43. The van der Waals surface area contributed by atoms with Crippen molar-refractivity contribution in [3.8, 4) is 0 Å². The largest absolute Gasteiger partial charge is 0.481 e. The van der Waals surface area contributed by atoms with Crippen LogP contribution in [0.2, 0.25) is 0 Å². The number of benzene rings is 3. The number of carboxylic acid groups (broad SMARTS) is 1. The van der Waals surface area contributed by atoms with E-state index in [1.165, 1.54) is 0 Å². The molecule has 170 valence electrons. The molecule has 33 heavy (non-hydrogen) atoms. The van der Waals surface area contributed by atoms with E-state index < -0.39 is 30.1 Å². The first-order chi connectivity index (χ1) is 15.7. The van der Waals surface area contributed by atoms with Gasteiger partial charge < -0.3 is 19.3 Å². The summed E-state index contributed by atoms with van der Waals surface area (Å²) in [6, 6.07) is 28.3. The molecule has 0 spiro atoms. The first-order valence-corrected chi connectivity index (χ1v) is 11.3. The highest BCUT2D eigenvalue weighted by Crippen LogP contribution is 2.42. The van der Waals surface area contributed by atoms with Gasteiger partial charge >= 0.3 is 13.1 Å². The Labute approximate surface area is 196 Å². The number of hydrogen-bond donors (Lipinski definition) is 1. The van der Waals surface area contributed by atoms with Gasteiger partial charge in [-0.25, -0.2) is 0 Å². The molecule has 1 unspecified atom stereocenters. The quantitative estimate of drug-likeness (QED) is 0.432. The van der Waals surface area contributed by atoms with Gasteiger partial charge in [0.15, 0.2) is 0 Å². The van der Waals surface area contributed by atoms with Crippen molar-refractivity contribution in [1.82, 2.24) is 0 Å². The van der Waals surface area contributed by atoms with Crippen molar-refractivity contribution in [3.05, 3.63) is 90.5 Å². The predicted molar refractivity (Wildman–Crippen MR) is 132 cm³/mol. The van der Waals surface area contributed by atoms with Gasteiger partial charge in [0.2, 0.25) is 0 Å². The summed E-state index contributed by atoms with van der Waals surface area (Å²) in [5.74, 6) is -1.30. The Morgan fingerprint density at radius 1 is 0.788 bits per heavy atom. The molecular weight excluding hydrogens is 413 g/mol. The maximum Gasteiger partial charge on any atom is 0.466 e. The van der Waals surface area contributed by atoms with Crippen LogP contribution in [0, 0.1) is 0 Å². The minimum absolute atomic E-state index is 0.0722. The van der Waals surface area contributed by atoms with Crippen LogP contribution in [0.5, 0.6) is 0 Å². The summed E-state index contributed by atoms with van der Waals surface area (Å²) in [5.41, 5.74) is 2.91. The molecular formula is C27H30BNO4. The van der Waals surface area contributed by atoms with Gasteiger partial charge in [0.1, 0.15) is 0 Å². The monoisotopic (exact) mass is 443 g/mol. The molecule has 0 bridgehead atoms. The minimum Gasteiger partial charge on any atom is -0.481 e. The third-order valence-corrected chi connectivity index (χ3v) is 6.60. The second kappa shape index (κ2) is 9.04. The first kappa shape index (κ1) is 23.1. The minimum atomic E-state index is -0.881. The van der Waals surface area contributed by atoms with Crippen LogP contribution in [0.4, 0.5) is 17.1 Å². The van der Waals surface area contributed by atoms with Crippen LogP contribution in [0.15, 0.2) is 84.9 Å². The standard InChI is InChI=1S/C27H30BNO4/c1-26(2)27(3,4)33-28(32-26)24(19-25(30)31)20-15-17-23(18-16-20)29(21-11-7-5-8-12-21)22-13-9-6-10-14-22/h5-18,24H,19H2,1-4H3,(H,30,31). The smallest absolute Gasteiger partial charge is 0.466 e. The molecule has 1 fully saturated rings. The highest BCUT2D eigenvalue weighted by Gasteiger charge is 2.54. The fraction of sp³-hybridized carbons (Fsp3) is 0.296. The topological polar surface area (TPSA) is 59.0 Å². The summed E-state index contributed by atoms with van der Waals surface area (Å²) in [6.45, 7) is 7.91. The molecule has 0 saturated carbocycles. The van der Waals surface area contributed by atoms with E-state index in [4.69, 9.17) is 9.31 Å². The van der Waals surface area contributed by atoms with Gasteiger partial charge in [-0.3, -0.25) is 4.79 Å². The summed E-state index contributed by atoms with van der Waals surface area (Å²) >= 11 is 0. The van der Waals surface area contributed by atoms with Crippen molar-refractivity contribution < 1.29 is 19.2 Å². The zero-order valence-electron chi connectivity index (χ0n) is 19.6. The molecule has 1 heterocycles. The molecule has 3 aromatic rings. The Kier molecular flexibility index (Phi) is 6.33. The summed E-state index contributed by atoms with van der Waals surface area (Å²) in [5, 5.41) is 9.59. The number of carbonyl (C=O) groups is 1. The van der Waals surface area contributed by atoms with Crippen LogP contribution >= 0.6 is 0 Å². The van der Waals surface area contributed by atoms with Crippen LogP contribution in [0.1, 0.15) is 45.5 Å². The number of rotatable bonds is 7. The summed E-state index contributed by atoms with van der Waals surface area (Å²) in [7, 11) is -0.628. The second-order valence-electron chi connectivity index (χ2n) is 9.43. The fourth-order valence-electron chi connectivity index (χ4n) is 4.08. The highest BCUT2D eigenvalue weighted by atomic mass is 16.7. The van der Waals surface area contributed by atoms with Crippen molar-refractivity contribution in [2.45, 2.75) is 51.1 Å². The molecule has 0 aromatic heterocycles. The average Bonchev–Trinajstić information content (AvgIpc) is 3.01. The number of nitrogens with zero attached hydrogens (tertiary/aromatic N) is 1. The number of aliphatic carboxylic acids is 1. The number of carboxylic acids is 1. The van der Waals surface area contributed by atoms with Gasteiger partial charge in [-0.15, -0.1) is 0 Å². The van der Waals surface area contributed by atoms with E-state index >= 15 is 0 Å². The highest BCUT2D eigenvalue weighted by molar-refractivity contribution is 6.48. The third kappa shape index (κ3) is 4.82. The first-order valence-electron chi connectivity index (χ1n) is 11.3. The lowest BCUT2D eigenvalue weighted by molar-refractivity contribution is -0.137. The van der Waals surface area contributed by atoms with Gasteiger partial charge in [-0.05, 0) is 69.7 Å². The maximum atomic E-state index is 11.7. The normalized spacial score (nSPS) is 17.5. The number of para-hydroxylation sites is 2. The van der Waals surface area contributed by atoms with E-state index in [0.29, 0.717) is 0 Å². The van der Waals surface area contributed by atoms with Gasteiger partial charge in [-0.2, -0.15) is 0 Å². The van der Waals surface area contributed by atoms with Crippen molar-refractivity contribution in [2.24, 2.45) is 0 Å². The Morgan fingerprint density at radius 2 is 1.21 bits per heavy atom. The van der Waals surface area contributed by atoms with E-state index in [1.54, 1.807) is 0 Å². The fourth-order valence-corrected chi connectivity index (χ4v) is 4.08. The maximum absolute atomic E-state index is 11.7. The van der Waals surface area contributed by atoms with Crippen molar-refractivity contribution in [2.75, 3.05) is 4.90 Å². The lowest BCUT2D eigenvalue weighted by atomic mass is 9.66. The third-order valence-electron chi connectivity index (χ3n) is 6.60. The van der Waals surface area contributed by atoms with Crippen LogP contribution in [0.25, 0.3) is 0 Å². The molecule has 4 rings (SSSR count). The lowest BCUT2D eigenvalue weighted by Crippen LogP contribution is -2.41. The summed E-state index contributed by atoms with van der Waals surface area (Å²) < 4.78 is 12.4. The Morgan fingerprint density at radius 3 is 1.64 bits per heavy atom. The van der Waals surface area contributed by atoms with Gasteiger partial charge in [-0.1, -0.05) is 48.5 Å². The molecule has 0 aliphatic carbocycles. The van der Waals surface area contributed by atoms with E-state index in [2.05, 4.69) is 29.2 Å². The Hall–Kier alpha value is -3.09. The molecule has 1 atom stereocenters. The van der Waals surface area contributed by atoms with Gasteiger partial charge in [0.05, 0.1) is 17.6 Å². The molecule has 5 nitrogen and oxygen atoms in total. The Balaban J connectivity index is 1.68. The summed E-state index contributed by atoms with van der Waals surface area (Å²) in [6.07, 6.45) is -0.0722. The van der Waals surface area contributed by atoms with Crippen LogP contribution in [-0.4, -0.2) is 29.4 Å². The lowest BCUT2D eigenvalue weighted by Gasteiger charge is -2.32. The molecule has 0 radical (unpaired) electrons. The summed E-state index contributed by atoms with van der Waals surface area (Å²) in [4.78, 5) is 13.9. The molecule has 0 amide bonds. The van der Waals surface area contributed by atoms with Crippen LogP contribution in [-0.2, 0) is 14.1 Å². The SMILES string of the molecule is CC1(C)OB(C(CC(=O)O)c2ccc(N(c3ccccc3)c3ccccc3)cc2)OC1(C)C. The zero-order valence-corrected chi connectivity index (χ0v) is 19.6. The molecule has 1 aliphatic rings. The van der Waals surface area contributed by atoms with E-state index in [0.717, 1.165) is 22.6 Å². The van der Waals surface area contributed by atoms with E-state index in [9.17, 15) is 9.90 Å². The zero-order chi connectivity index (χ0) is 23.6. The van der Waals surface area contributed by atoms with Crippen molar-refractivity contribution >= 4 is 30.1 Å². The Bertz CT molecular complexity index is 1030. The molecule has 3 aromatic carbocycles. The van der Waals surface area contributed by atoms with E-state index in [1.807, 2.05) is 88.4 Å². The van der Waals surface area contributed by atoms with Crippen LogP contribution in [0.3, 0.4) is 0 Å². The number of anilines is 3. The van der Waals surface area contributed by atoms with Gasteiger partial charge in [0, 0.05) is 22.9 Å². The molecule has 6 heteroatoms. The molecule has 1 saturated heterocycles. The van der Waals surface area contributed by atoms with E-state index in [-0.39, 0.29) is 6.42 Å².